The van der Waals surface area contributed by atoms with E-state index in [2.05, 4.69) is 4.98 Å². The molecular formula is C14H12N2O2. The number of amides is 2. The van der Waals surface area contributed by atoms with Gasteiger partial charge >= 0.3 is 0 Å². The first-order chi connectivity index (χ1) is 8.66. The second-order valence-corrected chi connectivity index (χ2v) is 4.42. The quantitative estimate of drug-likeness (QED) is 0.718. The average Bonchev–Trinajstić information content (AvgIpc) is 2.68. The lowest BCUT2D eigenvalue weighted by Crippen LogP contribution is -2.28. The molecule has 2 amide bonds. The number of rotatable bonds is 1. The molecule has 90 valence electrons. The van der Waals surface area contributed by atoms with Gasteiger partial charge in [0.1, 0.15) is 0 Å². The fraction of sp³-hybridized carbons (Fsp3) is 0.214. The van der Waals surface area contributed by atoms with Crippen LogP contribution in [0, 0.1) is 6.92 Å². The number of pyridine rings is 1. The molecule has 1 aromatic heterocycles. The Morgan fingerprint density at radius 3 is 2.50 bits per heavy atom. The Bertz CT molecular complexity index is 648. The number of carbonyl (C=O) groups is 2. The molecule has 2 heterocycles. The summed E-state index contributed by atoms with van der Waals surface area (Å²) in [7, 11) is 0. The van der Waals surface area contributed by atoms with E-state index >= 15 is 0 Å². The second kappa shape index (κ2) is 3.91. The number of hydrogen-bond acceptors (Lipinski definition) is 3. The molecule has 0 spiro atoms. The first-order valence-corrected chi connectivity index (χ1v) is 5.89. The first kappa shape index (κ1) is 10.9. The van der Waals surface area contributed by atoms with E-state index in [1.165, 1.54) is 4.90 Å². The summed E-state index contributed by atoms with van der Waals surface area (Å²) < 4.78 is 0. The number of imide groups is 1. The zero-order valence-electron chi connectivity index (χ0n) is 10.0. The van der Waals surface area contributed by atoms with Gasteiger partial charge < -0.3 is 0 Å². The van der Waals surface area contributed by atoms with Crippen LogP contribution in [0.1, 0.15) is 18.5 Å². The van der Waals surface area contributed by atoms with Crippen molar-refractivity contribution in [3.05, 3.63) is 36.0 Å². The van der Waals surface area contributed by atoms with Crippen LogP contribution < -0.4 is 4.90 Å². The molecule has 1 fully saturated rings. The van der Waals surface area contributed by atoms with Gasteiger partial charge in [0.15, 0.2) is 0 Å². The van der Waals surface area contributed by atoms with Crippen molar-refractivity contribution in [3.63, 3.8) is 0 Å². The fourth-order valence-electron chi connectivity index (χ4n) is 2.32. The van der Waals surface area contributed by atoms with E-state index in [1.807, 2.05) is 31.2 Å². The lowest BCUT2D eigenvalue weighted by molar-refractivity contribution is -0.121. The number of hydrogen-bond donors (Lipinski definition) is 0. The van der Waals surface area contributed by atoms with Crippen molar-refractivity contribution in [1.29, 1.82) is 0 Å². The SMILES string of the molecule is Cc1cc(N2C(=O)CCC2=O)c2ccccc2n1. The predicted molar refractivity (Wildman–Crippen MR) is 68.2 cm³/mol. The number of benzene rings is 1. The van der Waals surface area contributed by atoms with Crippen LogP contribution in [-0.2, 0) is 9.59 Å². The third kappa shape index (κ3) is 1.57. The zero-order valence-corrected chi connectivity index (χ0v) is 10.0. The van der Waals surface area contributed by atoms with Crippen molar-refractivity contribution in [2.24, 2.45) is 0 Å². The molecule has 4 heteroatoms. The van der Waals surface area contributed by atoms with Crippen LogP contribution in [0.3, 0.4) is 0 Å². The van der Waals surface area contributed by atoms with Gasteiger partial charge in [-0.05, 0) is 19.1 Å². The van der Waals surface area contributed by atoms with Gasteiger partial charge in [-0.3, -0.25) is 14.6 Å². The number of carbonyl (C=O) groups excluding carboxylic acids is 2. The van der Waals surface area contributed by atoms with Crippen molar-refractivity contribution in [2.45, 2.75) is 19.8 Å². The third-order valence-corrected chi connectivity index (χ3v) is 3.11. The highest BCUT2D eigenvalue weighted by molar-refractivity contribution is 6.22. The van der Waals surface area contributed by atoms with Crippen LogP contribution in [0.4, 0.5) is 5.69 Å². The summed E-state index contributed by atoms with van der Waals surface area (Å²) in [4.78, 5) is 29.3. The molecule has 4 nitrogen and oxygen atoms in total. The number of aromatic nitrogens is 1. The van der Waals surface area contributed by atoms with Gasteiger partial charge in [-0.15, -0.1) is 0 Å². The third-order valence-electron chi connectivity index (χ3n) is 3.11. The molecule has 0 atom stereocenters. The van der Waals surface area contributed by atoms with E-state index < -0.39 is 0 Å². The molecule has 0 bridgehead atoms. The van der Waals surface area contributed by atoms with E-state index in [4.69, 9.17) is 0 Å². The highest BCUT2D eigenvalue weighted by atomic mass is 16.2. The van der Waals surface area contributed by atoms with E-state index in [0.29, 0.717) is 18.5 Å². The summed E-state index contributed by atoms with van der Waals surface area (Å²) in [5.41, 5.74) is 2.27. The molecule has 0 aliphatic carbocycles. The maximum Gasteiger partial charge on any atom is 0.234 e. The number of para-hydroxylation sites is 1. The van der Waals surface area contributed by atoms with Crippen LogP contribution in [0.15, 0.2) is 30.3 Å². The normalized spacial score (nSPS) is 15.7. The Labute approximate surface area is 104 Å². The van der Waals surface area contributed by atoms with Crippen LogP contribution in [0.25, 0.3) is 10.9 Å². The minimum absolute atomic E-state index is 0.129. The van der Waals surface area contributed by atoms with E-state index in [0.717, 1.165) is 16.6 Å². The van der Waals surface area contributed by atoms with Gasteiger partial charge in [-0.1, -0.05) is 18.2 Å². The summed E-state index contributed by atoms with van der Waals surface area (Å²) in [5, 5.41) is 0.840. The molecule has 1 saturated heterocycles. The molecule has 1 aromatic carbocycles. The Morgan fingerprint density at radius 1 is 1.11 bits per heavy atom. The van der Waals surface area contributed by atoms with Gasteiger partial charge in [-0.2, -0.15) is 0 Å². The van der Waals surface area contributed by atoms with Crippen molar-refractivity contribution in [3.8, 4) is 0 Å². The Morgan fingerprint density at radius 2 is 1.78 bits per heavy atom. The largest absolute Gasteiger partial charge is 0.274 e. The molecule has 0 radical (unpaired) electrons. The molecular weight excluding hydrogens is 228 g/mol. The van der Waals surface area contributed by atoms with Crippen LogP contribution in [0.2, 0.25) is 0 Å². The van der Waals surface area contributed by atoms with Gasteiger partial charge in [0, 0.05) is 23.9 Å². The van der Waals surface area contributed by atoms with Crippen LogP contribution in [-0.4, -0.2) is 16.8 Å². The molecule has 1 aliphatic rings. The minimum Gasteiger partial charge on any atom is -0.274 e. The minimum atomic E-state index is -0.129. The second-order valence-electron chi connectivity index (χ2n) is 4.42. The van der Waals surface area contributed by atoms with Gasteiger partial charge in [-0.25, -0.2) is 4.90 Å². The zero-order chi connectivity index (χ0) is 12.7. The van der Waals surface area contributed by atoms with Crippen molar-refractivity contribution in [1.82, 2.24) is 4.98 Å². The predicted octanol–water partition coefficient (Wildman–Crippen LogP) is 2.20. The van der Waals surface area contributed by atoms with Crippen LogP contribution in [0.5, 0.6) is 0 Å². The number of fused-ring (bicyclic) bond motifs is 1. The van der Waals surface area contributed by atoms with Gasteiger partial charge in [0.05, 0.1) is 11.2 Å². The molecule has 0 N–H and O–H groups in total. The summed E-state index contributed by atoms with van der Waals surface area (Å²) in [6.07, 6.45) is 0.600. The first-order valence-electron chi connectivity index (χ1n) is 5.89. The Kier molecular flexibility index (Phi) is 2.37. The summed E-state index contributed by atoms with van der Waals surface area (Å²) in [5.74, 6) is -0.258. The lowest BCUT2D eigenvalue weighted by atomic mass is 10.1. The van der Waals surface area contributed by atoms with Crippen molar-refractivity contribution >= 4 is 28.4 Å². The molecule has 0 unspecified atom stereocenters. The monoisotopic (exact) mass is 240 g/mol. The maximum absolute atomic E-state index is 11.8. The van der Waals surface area contributed by atoms with Crippen molar-refractivity contribution < 1.29 is 9.59 Å². The molecule has 1 aliphatic heterocycles. The molecule has 2 aromatic rings. The Balaban J connectivity index is 2.28. The van der Waals surface area contributed by atoms with E-state index in [9.17, 15) is 9.59 Å². The maximum atomic E-state index is 11.8. The smallest absolute Gasteiger partial charge is 0.234 e. The van der Waals surface area contributed by atoms with Crippen molar-refractivity contribution in [2.75, 3.05) is 4.90 Å². The topological polar surface area (TPSA) is 50.3 Å². The van der Waals surface area contributed by atoms with Crippen LogP contribution >= 0.6 is 0 Å². The average molecular weight is 240 g/mol. The number of anilines is 1. The summed E-state index contributed by atoms with van der Waals surface area (Å²) in [6.45, 7) is 1.86. The number of aryl methyl sites for hydroxylation is 1. The van der Waals surface area contributed by atoms with Gasteiger partial charge in [0.2, 0.25) is 11.8 Å². The molecule has 3 rings (SSSR count). The molecule has 18 heavy (non-hydrogen) atoms. The molecule has 0 saturated carbocycles. The standard InChI is InChI=1S/C14H12N2O2/c1-9-8-12(16-13(17)6-7-14(16)18)10-4-2-3-5-11(10)15-9/h2-5,8H,6-7H2,1H3. The fourth-order valence-corrected chi connectivity index (χ4v) is 2.32. The number of nitrogens with zero attached hydrogens (tertiary/aromatic N) is 2. The Hall–Kier alpha value is -2.23. The van der Waals surface area contributed by atoms with E-state index in [1.54, 1.807) is 6.07 Å². The summed E-state index contributed by atoms with van der Waals surface area (Å²) in [6, 6.07) is 9.34. The van der Waals surface area contributed by atoms with E-state index in [-0.39, 0.29) is 11.8 Å². The lowest BCUT2D eigenvalue weighted by Gasteiger charge is -2.16. The highest BCUT2D eigenvalue weighted by Gasteiger charge is 2.31. The van der Waals surface area contributed by atoms with Gasteiger partial charge in [0.25, 0.3) is 0 Å². The summed E-state index contributed by atoms with van der Waals surface area (Å²) >= 11 is 0. The highest BCUT2D eigenvalue weighted by Crippen LogP contribution is 2.30.